The summed E-state index contributed by atoms with van der Waals surface area (Å²) in [4.78, 5) is 14.5. The van der Waals surface area contributed by atoms with E-state index < -0.39 is 53.8 Å². The van der Waals surface area contributed by atoms with Gasteiger partial charge in [-0.15, -0.1) is 0 Å². The Morgan fingerprint density at radius 1 is 1.21 bits per heavy atom. The van der Waals surface area contributed by atoms with Gasteiger partial charge in [-0.3, -0.25) is 4.90 Å². The van der Waals surface area contributed by atoms with Gasteiger partial charge in [0.15, 0.2) is 6.29 Å². The molecule has 0 spiro atoms. The number of amides is 1. The van der Waals surface area contributed by atoms with Crippen LogP contribution in [0.25, 0.3) is 0 Å². The molecular weight excluding hydrogens is 434 g/mol. The molecule has 0 aliphatic carbocycles. The molecule has 5 unspecified atom stereocenters. The Morgan fingerprint density at radius 2 is 1.79 bits per heavy atom. The van der Waals surface area contributed by atoms with E-state index in [9.17, 15) is 18.7 Å². The zero-order valence-electron chi connectivity index (χ0n) is 20.6. The summed E-state index contributed by atoms with van der Waals surface area (Å²) >= 11 is 0. The molecule has 1 fully saturated rings. The number of carbonyl (C=O) groups is 1. The Bertz CT molecular complexity index is 789. The summed E-state index contributed by atoms with van der Waals surface area (Å²) in [5.41, 5.74) is 5.64. The van der Waals surface area contributed by atoms with Crippen LogP contribution in [0.5, 0.6) is 0 Å². The molecule has 1 saturated heterocycles. The monoisotopic (exact) mass is 472 g/mol. The first-order valence-electron chi connectivity index (χ1n) is 11.2. The summed E-state index contributed by atoms with van der Waals surface area (Å²) in [6.45, 7) is 13.4. The van der Waals surface area contributed by atoms with Crippen LogP contribution in [0.15, 0.2) is 18.2 Å². The number of nitrogens with two attached hydrogens (primary N) is 1. The van der Waals surface area contributed by atoms with E-state index in [0.717, 1.165) is 18.2 Å². The van der Waals surface area contributed by atoms with Gasteiger partial charge in [-0.2, -0.15) is 0 Å². The van der Waals surface area contributed by atoms with E-state index in [1.165, 1.54) is 4.90 Å². The first-order valence-corrected chi connectivity index (χ1v) is 11.2. The van der Waals surface area contributed by atoms with Crippen molar-refractivity contribution in [1.29, 1.82) is 0 Å². The quantitative estimate of drug-likeness (QED) is 0.657. The number of rotatable bonds is 6. The van der Waals surface area contributed by atoms with Crippen LogP contribution in [-0.2, 0) is 20.6 Å². The van der Waals surface area contributed by atoms with Gasteiger partial charge in [0, 0.05) is 12.1 Å². The SMILES string of the molecule is CC1C(OCC(C)(C)C)OCC(C(O)C(N)Cc2cc(F)cc(F)c2)N1C(=O)OC(C)(C)C. The van der Waals surface area contributed by atoms with Gasteiger partial charge in [-0.25, -0.2) is 13.6 Å². The van der Waals surface area contributed by atoms with Crippen molar-refractivity contribution in [2.24, 2.45) is 11.1 Å². The zero-order valence-corrected chi connectivity index (χ0v) is 20.6. The second-order valence-corrected chi connectivity index (χ2v) is 10.9. The maximum Gasteiger partial charge on any atom is 0.411 e. The first-order chi connectivity index (χ1) is 15.1. The Balaban J connectivity index is 2.23. The van der Waals surface area contributed by atoms with Crippen LogP contribution in [-0.4, -0.2) is 65.4 Å². The molecule has 0 aromatic heterocycles. The minimum atomic E-state index is -1.24. The van der Waals surface area contributed by atoms with Gasteiger partial charge >= 0.3 is 6.09 Å². The fourth-order valence-corrected chi connectivity index (χ4v) is 3.65. The fourth-order valence-electron chi connectivity index (χ4n) is 3.65. The Hall–Kier alpha value is -1.81. The highest BCUT2D eigenvalue weighted by Gasteiger charge is 2.45. The van der Waals surface area contributed by atoms with E-state index in [0.29, 0.717) is 12.2 Å². The van der Waals surface area contributed by atoms with E-state index in [1.807, 2.05) is 20.8 Å². The van der Waals surface area contributed by atoms with E-state index in [2.05, 4.69) is 0 Å². The number of benzene rings is 1. The van der Waals surface area contributed by atoms with Crippen LogP contribution >= 0.6 is 0 Å². The highest BCUT2D eigenvalue weighted by Crippen LogP contribution is 2.27. The van der Waals surface area contributed by atoms with Gasteiger partial charge in [0.05, 0.1) is 31.4 Å². The average molecular weight is 473 g/mol. The molecule has 1 aliphatic rings. The lowest BCUT2D eigenvalue weighted by atomic mass is 9.94. The molecule has 1 heterocycles. The van der Waals surface area contributed by atoms with Gasteiger partial charge in [0.2, 0.25) is 0 Å². The van der Waals surface area contributed by atoms with Gasteiger partial charge in [0.1, 0.15) is 17.2 Å². The lowest BCUT2D eigenvalue weighted by Crippen LogP contribution is -2.65. The molecule has 2 rings (SSSR count). The number of carbonyl (C=O) groups excluding carboxylic acids is 1. The summed E-state index contributed by atoms with van der Waals surface area (Å²) < 4.78 is 44.5. The van der Waals surface area contributed by atoms with E-state index in [4.69, 9.17) is 19.9 Å². The van der Waals surface area contributed by atoms with Crippen LogP contribution < -0.4 is 5.73 Å². The molecule has 0 bridgehead atoms. The Morgan fingerprint density at radius 3 is 2.30 bits per heavy atom. The van der Waals surface area contributed by atoms with Crippen molar-refractivity contribution in [1.82, 2.24) is 4.90 Å². The predicted octanol–water partition coefficient (Wildman–Crippen LogP) is 3.61. The van der Waals surface area contributed by atoms with Crippen LogP contribution in [0, 0.1) is 17.0 Å². The van der Waals surface area contributed by atoms with E-state index in [1.54, 1.807) is 27.7 Å². The average Bonchev–Trinajstić information content (AvgIpc) is 2.63. The number of aliphatic hydroxyl groups excluding tert-OH is 1. The molecule has 0 radical (unpaired) electrons. The number of aliphatic hydroxyl groups is 1. The van der Waals surface area contributed by atoms with Crippen molar-refractivity contribution in [3.63, 3.8) is 0 Å². The Kier molecular flexibility index (Phi) is 8.84. The molecule has 1 aromatic rings. The highest BCUT2D eigenvalue weighted by molar-refractivity contribution is 5.69. The highest BCUT2D eigenvalue weighted by atomic mass is 19.1. The third-order valence-electron chi connectivity index (χ3n) is 5.13. The molecule has 7 nitrogen and oxygen atoms in total. The van der Waals surface area contributed by atoms with Gasteiger partial charge in [0.25, 0.3) is 0 Å². The van der Waals surface area contributed by atoms with Crippen molar-refractivity contribution in [2.75, 3.05) is 13.2 Å². The molecule has 1 aliphatic heterocycles. The molecule has 1 aromatic carbocycles. The third-order valence-corrected chi connectivity index (χ3v) is 5.13. The minimum absolute atomic E-state index is 0.00678. The zero-order chi connectivity index (χ0) is 25.1. The fraction of sp³-hybridized carbons (Fsp3) is 0.708. The summed E-state index contributed by atoms with van der Waals surface area (Å²) in [5, 5.41) is 11.0. The van der Waals surface area contributed by atoms with Crippen LogP contribution in [0.4, 0.5) is 13.6 Å². The largest absolute Gasteiger partial charge is 0.444 e. The van der Waals surface area contributed by atoms with Crippen LogP contribution in [0.3, 0.4) is 0 Å². The third kappa shape index (κ3) is 8.17. The van der Waals surface area contributed by atoms with Crippen molar-refractivity contribution in [3.05, 3.63) is 35.4 Å². The molecule has 188 valence electrons. The van der Waals surface area contributed by atoms with Crippen molar-refractivity contribution >= 4 is 6.09 Å². The second kappa shape index (κ2) is 10.6. The maximum atomic E-state index is 13.6. The standard InChI is InChI=1S/C24H38F2N2O5/c1-14-21(32-13-23(2,3)4)31-12-19(28(14)22(30)33-24(5,6)7)20(29)18(27)10-15-8-16(25)11-17(26)9-15/h8-9,11,14,18-21,29H,10,12-13,27H2,1-7H3. The van der Waals surface area contributed by atoms with Gasteiger partial charge in [-0.05, 0) is 57.2 Å². The lowest BCUT2D eigenvalue weighted by Gasteiger charge is -2.47. The normalized spacial score (nSPS) is 23.8. The van der Waals surface area contributed by atoms with Gasteiger partial charge in [-0.1, -0.05) is 20.8 Å². The molecule has 5 atom stereocenters. The van der Waals surface area contributed by atoms with Crippen LogP contribution in [0.2, 0.25) is 0 Å². The minimum Gasteiger partial charge on any atom is -0.444 e. The van der Waals surface area contributed by atoms with Crippen molar-refractivity contribution in [2.45, 2.75) is 91.0 Å². The molecule has 33 heavy (non-hydrogen) atoms. The molecule has 0 saturated carbocycles. The van der Waals surface area contributed by atoms with Crippen LogP contribution in [0.1, 0.15) is 54.0 Å². The first kappa shape index (κ1) is 27.4. The smallest absolute Gasteiger partial charge is 0.411 e. The number of hydrogen-bond donors (Lipinski definition) is 2. The lowest BCUT2D eigenvalue weighted by molar-refractivity contribution is -0.233. The van der Waals surface area contributed by atoms with E-state index in [-0.39, 0.29) is 18.4 Å². The number of halogens is 2. The summed E-state index contributed by atoms with van der Waals surface area (Å²) in [7, 11) is 0. The predicted molar refractivity (Wildman–Crippen MR) is 121 cm³/mol. The number of hydrogen-bond acceptors (Lipinski definition) is 6. The van der Waals surface area contributed by atoms with Crippen molar-refractivity contribution in [3.8, 4) is 0 Å². The molecule has 1 amide bonds. The number of ether oxygens (including phenoxy) is 3. The van der Waals surface area contributed by atoms with E-state index >= 15 is 0 Å². The molecular formula is C24H38F2N2O5. The number of morpholine rings is 1. The Labute approximate surface area is 195 Å². The maximum absolute atomic E-state index is 13.6. The summed E-state index contributed by atoms with van der Waals surface area (Å²) in [6, 6.07) is 0.774. The summed E-state index contributed by atoms with van der Waals surface area (Å²) in [6.07, 6.45) is -2.58. The molecule has 3 N–H and O–H groups in total. The topological polar surface area (TPSA) is 94.2 Å². The number of nitrogens with zero attached hydrogens (tertiary/aromatic N) is 1. The second-order valence-electron chi connectivity index (χ2n) is 10.9. The molecule has 9 heteroatoms. The van der Waals surface area contributed by atoms with Gasteiger partial charge < -0.3 is 25.1 Å². The summed E-state index contributed by atoms with van der Waals surface area (Å²) in [5.74, 6) is -1.45. The van der Waals surface area contributed by atoms with Crippen molar-refractivity contribution < 1.29 is 32.9 Å².